The first kappa shape index (κ1) is 19.7. The molecule has 0 aliphatic heterocycles. The molecule has 6 nitrogen and oxygen atoms in total. The number of nitrogens with zero attached hydrogens (tertiary/aromatic N) is 2. The van der Waals surface area contributed by atoms with Gasteiger partial charge in [-0.25, -0.2) is 5.84 Å². The molecule has 0 unspecified atom stereocenters. The number of nitrogens with one attached hydrogen (secondary N) is 1. The fourth-order valence-corrected chi connectivity index (χ4v) is 2.31. The molecule has 2 aromatic carbocycles. The van der Waals surface area contributed by atoms with E-state index in [1.54, 1.807) is 24.3 Å². The highest BCUT2D eigenvalue weighted by Gasteiger charge is 2.33. The molecule has 2 rings (SSSR count). The minimum Gasteiger partial charge on any atom is -0.492 e. The van der Waals surface area contributed by atoms with E-state index in [1.807, 2.05) is 0 Å². The minimum atomic E-state index is -4.51. The third-order valence-electron chi connectivity index (χ3n) is 3.28. The topological polar surface area (TPSA) is 88.9 Å². The van der Waals surface area contributed by atoms with Gasteiger partial charge in [-0.3, -0.25) is 5.01 Å². The maximum absolute atomic E-state index is 12.8. The van der Waals surface area contributed by atoms with Crippen LogP contribution in [0.25, 0.3) is 0 Å². The first-order valence-electron chi connectivity index (χ1n) is 7.42. The predicted octanol–water partition coefficient (Wildman–Crippen LogP) is 3.43. The molecule has 0 aliphatic carbocycles. The van der Waals surface area contributed by atoms with Gasteiger partial charge in [0.25, 0.3) is 0 Å². The van der Waals surface area contributed by atoms with Crippen LogP contribution in [0.2, 0.25) is 5.02 Å². The van der Waals surface area contributed by atoms with Gasteiger partial charge in [-0.1, -0.05) is 17.7 Å². The third kappa shape index (κ3) is 5.43. The molecule has 10 heteroatoms. The van der Waals surface area contributed by atoms with Gasteiger partial charge in [-0.2, -0.15) is 18.3 Å². The van der Waals surface area contributed by atoms with Crippen LogP contribution >= 0.6 is 11.6 Å². The SMILES string of the molecule is N/N=C\N(N)c1cccc(OCCNc2ccc(Cl)c(C(F)(F)F)c2)c1. The molecule has 0 fully saturated rings. The lowest BCUT2D eigenvalue weighted by molar-refractivity contribution is -0.137. The van der Waals surface area contributed by atoms with Crippen LogP contribution in [0.1, 0.15) is 5.56 Å². The summed E-state index contributed by atoms with van der Waals surface area (Å²) in [6.07, 6.45) is -3.27. The number of anilines is 2. The lowest BCUT2D eigenvalue weighted by Crippen LogP contribution is -2.29. The molecule has 0 radical (unpaired) electrons. The van der Waals surface area contributed by atoms with Crippen molar-refractivity contribution in [1.82, 2.24) is 0 Å². The third-order valence-corrected chi connectivity index (χ3v) is 3.61. The zero-order valence-corrected chi connectivity index (χ0v) is 14.3. The summed E-state index contributed by atoms with van der Waals surface area (Å²) < 4.78 is 44.0. The van der Waals surface area contributed by atoms with E-state index in [2.05, 4.69) is 10.4 Å². The van der Waals surface area contributed by atoms with E-state index in [9.17, 15) is 13.2 Å². The quantitative estimate of drug-likeness (QED) is 0.223. The van der Waals surface area contributed by atoms with E-state index in [4.69, 9.17) is 28.0 Å². The van der Waals surface area contributed by atoms with Crippen LogP contribution in [0, 0.1) is 0 Å². The predicted molar refractivity (Wildman–Crippen MR) is 96.2 cm³/mol. The molecular formula is C16H17ClF3N5O. The van der Waals surface area contributed by atoms with Gasteiger partial charge in [0, 0.05) is 18.3 Å². The van der Waals surface area contributed by atoms with Crippen molar-refractivity contribution in [2.75, 3.05) is 23.5 Å². The van der Waals surface area contributed by atoms with Crippen LogP contribution in [-0.4, -0.2) is 19.5 Å². The number of rotatable bonds is 7. The van der Waals surface area contributed by atoms with Crippen LogP contribution in [-0.2, 0) is 6.18 Å². The van der Waals surface area contributed by atoms with Gasteiger partial charge in [0.05, 0.1) is 16.3 Å². The number of hydrazone groups is 1. The fraction of sp³-hybridized carbons (Fsp3) is 0.188. The number of hydrogen-bond acceptors (Lipinski definition) is 5. The molecule has 0 bridgehead atoms. The summed E-state index contributed by atoms with van der Waals surface area (Å²) in [5.41, 5.74) is 0.0194. The summed E-state index contributed by atoms with van der Waals surface area (Å²) in [5, 5.41) is 7.05. The summed E-state index contributed by atoms with van der Waals surface area (Å²) in [5.74, 6) is 11.3. The fourth-order valence-electron chi connectivity index (χ4n) is 2.09. The van der Waals surface area contributed by atoms with Gasteiger partial charge >= 0.3 is 6.18 Å². The van der Waals surface area contributed by atoms with Crippen molar-refractivity contribution in [2.24, 2.45) is 16.8 Å². The van der Waals surface area contributed by atoms with E-state index >= 15 is 0 Å². The van der Waals surface area contributed by atoms with Crippen LogP contribution < -0.4 is 26.7 Å². The summed E-state index contributed by atoms with van der Waals surface area (Å²) in [7, 11) is 0. The maximum Gasteiger partial charge on any atom is 0.417 e. The van der Waals surface area contributed by atoms with E-state index in [-0.39, 0.29) is 11.6 Å². The van der Waals surface area contributed by atoms with Gasteiger partial charge in [0.2, 0.25) is 0 Å². The Labute approximate surface area is 153 Å². The van der Waals surface area contributed by atoms with Gasteiger partial charge in [0.1, 0.15) is 18.7 Å². The van der Waals surface area contributed by atoms with Gasteiger partial charge < -0.3 is 15.9 Å². The molecule has 0 amide bonds. The molecule has 140 valence electrons. The van der Waals surface area contributed by atoms with Crippen molar-refractivity contribution in [3.63, 3.8) is 0 Å². The lowest BCUT2D eigenvalue weighted by Gasteiger charge is -2.15. The van der Waals surface area contributed by atoms with Gasteiger partial charge in [0.15, 0.2) is 0 Å². The van der Waals surface area contributed by atoms with E-state index in [0.29, 0.717) is 23.7 Å². The Kier molecular flexibility index (Phi) is 6.53. The minimum absolute atomic E-state index is 0.225. The van der Waals surface area contributed by atoms with Crippen molar-refractivity contribution < 1.29 is 17.9 Å². The van der Waals surface area contributed by atoms with E-state index < -0.39 is 11.7 Å². The first-order chi connectivity index (χ1) is 12.3. The Morgan fingerprint density at radius 1 is 1.23 bits per heavy atom. The molecular weight excluding hydrogens is 371 g/mol. The highest BCUT2D eigenvalue weighted by atomic mass is 35.5. The number of alkyl halides is 3. The second-order valence-corrected chi connectivity index (χ2v) is 5.54. The highest BCUT2D eigenvalue weighted by Crippen LogP contribution is 2.36. The molecule has 0 heterocycles. The molecule has 0 saturated heterocycles. The number of ether oxygens (including phenoxy) is 1. The molecule has 5 N–H and O–H groups in total. The maximum atomic E-state index is 12.8. The van der Waals surface area contributed by atoms with Crippen LogP contribution in [0.15, 0.2) is 47.6 Å². The number of nitrogens with two attached hydrogens (primary N) is 2. The van der Waals surface area contributed by atoms with Crippen molar-refractivity contribution in [1.29, 1.82) is 0 Å². The van der Waals surface area contributed by atoms with E-state index in [1.165, 1.54) is 23.5 Å². The lowest BCUT2D eigenvalue weighted by atomic mass is 10.2. The molecule has 0 spiro atoms. The number of benzene rings is 2. The average Bonchev–Trinajstić information content (AvgIpc) is 2.59. The number of hydrogen-bond donors (Lipinski definition) is 3. The Bertz CT molecular complexity index is 770. The zero-order chi connectivity index (χ0) is 19.2. The standard InChI is InChI=1S/C16H17ClF3N5O/c17-15-5-4-11(8-14(15)16(18,19)20)23-6-7-26-13-3-1-2-12(9-13)25(22)10-24-21/h1-5,8-10,23H,6-7,21-22H2/b24-10-. The van der Waals surface area contributed by atoms with Gasteiger partial charge in [-0.15, -0.1) is 0 Å². The smallest absolute Gasteiger partial charge is 0.417 e. The molecule has 26 heavy (non-hydrogen) atoms. The molecule has 0 atom stereocenters. The Balaban J connectivity index is 1.91. The second kappa shape index (κ2) is 8.63. The van der Waals surface area contributed by atoms with E-state index in [0.717, 1.165) is 6.07 Å². The first-order valence-corrected chi connectivity index (χ1v) is 7.80. The number of hydrazine groups is 1. The van der Waals surface area contributed by atoms with Crippen molar-refractivity contribution in [3.05, 3.63) is 53.1 Å². The van der Waals surface area contributed by atoms with Crippen LogP contribution in [0.4, 0.5) is 24.5 Å². The zero-order valence-electron chi connectivity index (χ0n) is 13.5. The Hall–Kier alpha value is -2.65. The Morgan fingerprint density at radius 3 is 2.69 bits per heavy atom. The summed E-state index contributed by atoms with van der Waals surface area (Å²) in [6.45, 7) is 0.517. The van der Waals surface area contributed by atoms with Crippen LogP contribution in [0.5, 0.6) is 5.75 Å². The second-order valence-electron chi connectivity index (χ2n) is 5.14. The van der Waals surface area contributed by atoms with Crippen molar-refractivity contribution in [2.45, 2.75) is 6.18 Å². The average molecular weight is 388 g/mol. The summed E-state index contributed by atoms with van der Waals surface area (Å²) >= 11 is 5.58. The highest BCUT2D eigenvalue weighted by molar-refractivity contribution is 6.31. The number of halogens is 4. The molecule has 2 aromatic rings. The normalized spacial score (nSPS) is 11.6. The molecule has 0 aliphatic rings. The van der Waals surface area contributed by atoms with Crippen molar-refractivity contribution in [3.8, 4) is 5.75 Å². The summed E-state index contributed by atoms with van der Waals surface area (Å²) in [4.78, 5) is 0. The summed E-state index contributed by atoms with van der Waals surface area (Å²) in [6, 6.07) is 10.5. The molecule has 0 aromatic heterocycles. The monoisotopic (exact) mass is 387 g/mol. The largest absolute Gasteiger partial charge is 0.492 e. The van der Waals surface area contributed by atoms with Gasteiger partial charge in [-0.05, 0) is 30.3 Å². The Morgan fingerprint density at radius 2 is 2.00 bits per heavy atom. The molecule has 0 saturated carbocycles. The van der Waals surface area contributed by atoms with Crippen LogP contribution in [0.3, 0.4) is 0 Å². The van der Waals surface area contributed by atoms with Crippen molar-refractivity contribution >= 4 is 29.3 Å².